The third-order valence-corrected chi connectivity index (χ3v) is 0.204. The van der Waals surface area contributed by atoms with Gasteiger partial charge in [0.25, 0.3) is 0 Å². The van der Waals surface area contributed by atoms with Crippen molar-refractivity contribution in [1.82, 2.24) is 0 Å². The Hall–Kier alpha value is 3.10. The van der Waals surface area contributed by atoms with Gasteiger partial charge in [-0.15, -0.1) is 0 Å². The quantitative estimate of drug-likeness (QED) is 0.174. The summed E-state index contributed by atoms with van der Waals surface area (Å²) in [5.74, 6) is 0. The first-order valence-electron chi connectivity index (χ1n) is 1.74. The number of epoxide rings is 1. The van der Waals surface area contributed by atoms with Gasteiger partial charge in [-0.25, -0.2) is 0 Å². The van der Waals surface area contributed by atoms with Gasteiger partial charge in [0.05, 0.1) is 13.2 Å². The first-order chi connectivity index (χ1) is 3.50. The van der Waals surface area contributed by atoms with Crippen LogP contribution in [0.1, 0.15) is 0 Å². The molecule has 0 aromatic carbocycles. The summed E-state index contributed by atoms with van der Waals surface area (Å²) < 4.78 is 38.6. The number of hydrogen-bond acceptors (Lipinski definition) is 5. The predicted octanol–water partition coefficient (Wildman–Crippen LogP) is -7.31. The molecule has 0 radical (unpaired) electrons. The zero-order valence-electron chi connectivity index (χ0n) is 5.86. The maximum absolute atomic E-state index is 8.52. The van der Waals surface area contributed by atoms with Crippen molar-refractivity contribution in [1.29, 1.82) is 0 Å². The first kappa shape index (κ1) is 18.8. The molecule has 1 heterocycles. The third kappa shape index (κ3) is 67.3. The van der Waals surface area contributed by atoms with Crippen LogP contribution in [0.15, 0.2) is 0 Å². The molecule has 0 atom stereocenters. The van der Waals surface area contributed by atoms with E-state index in [4.69, 9.17) is 17.5 Å². The van der Waals surface area contributed by atoms with Crippen LogP contribution in [0, 0.1) is 0 Å². The first-order valence-corrected chi connectivity index (χ1v) is 3.08. The molecule has 0 aliphatic carbocycles. The topological polar surface area (TPSA) is 92.8 Å². The maximum Gasteiger partial charge on any atom is 1.00 e. The van der Waals surface area contributed by atoms with E-state index in [1.807, 2.05) is 0 Å². The van der Waals surface area contributed by atoms with Crippen molar-refractivity contribution < 1.29 is 125 Å². The monoisotopic (exact) mass is 218 g/mol. The Morgan fingerprint density at radius 3 is 1.20 bits per heavy atom. The average molecular weight is 218 g/mol. The molecule has 1 fully saturated rings. The summed E-state index contributed by atoms with van der Waals surface area (Å²) in [5.41, 5.74) is 0. The molecule has 50 valence electrons. The summed E-state index contributed by atoms with van der Waals surface area (Å²) in [5, 5.41) is 0. The van der Waals surface area contributed by atoms with Crippen molar-refractivity contribution in [2.45, 2.75) is 0 Å². The van der Waals surface area contributed by atoms with E-state index < -0.39 is 10.4 Å². The van der Waals surface area contributed by atoms with E-state index in [2.05, 4.69) is 4.74 Å². The Labute approximate surface area is 145 Å². The van der Waals surface area contributed by atoms with E-state index in [1.54, 1.807) is 0 Å². The smallest absolute Gasteiger partial charge is 0.759 e. The Kier molecular flexibility index (Phi) is 19.2. The average Bonchev–Trinajstić information content (AvgIpc) is 1.95. The maximum atomic E-state index is 8.52. The number of ether oxygens (including phenoxy) is 1. The molecule has 0 N–H and O–H groups in total. The second kappa shape index (κ2) is 10.2. The van der Waals surface area contributed by atoms with E-state index in [-0.39, 0.29) is 103 Å². The molecule has 8 heteroatoms. The molecule has 10 heavy (non-hydrogen) atoms. The van der Waals surface area contributed by atoms with Crippen LogP contribution >= 0.6 is 0 Å². The third-order valence-electron chi connectivity index (χ3n) is 0.204. The molecule has 0 aromatic rings. The fraction of sp³-hybridized carbons (Fsp3) is 1.00. The van der Waals surface area contributed by atoms with E-state index in [1.165, 1.54) is 0 Å². The summed E-state index contributed by atoms with van der Waals surface area (Å²) in [6, 6.07) is 0. The molecule has 1 rings (SSSR count). The van der Waals surface area contributed by atoms with Crippen LogP contribution in [0.5, 0.6) is 0 Å². The van der Waals surface area contributed by atoms with Gasteiger partial charge in [0.15, 0.2) is 0 Å². The van der Waals surface area contributed by atoms with Gasteiger partial charge in [-0.2, -0.15) is 0 Å². The van der Waals surface area contributed by atoms with Gasteiger partial charge in [0.1, 0.15) is 0 Å². The van der Waals surface area contributed by atoms with Gasteiger partial charge in [0, 0.05) is 10.4 Å². The summed E-state index contributed by atoms with van der Waals surface area (Å²) in [7, 11) is -5.17. The molecular weight excluding hydrogens is 214 g/mol. The van der Waals surface area contributed by atoms with E-state index >= 15 is 0 Å². The van der Waals surface area contributed by atoms with Crippen LogP contribution in [-0.2, 0) is 15.1 Å². The predicted molar refractivity (Wildman–Crippen MR) is 21.3 cm³/mol. The largest absolute Gasteiger partial charge is 1.00 e. The van der Waals surface area contributed by atoms with Gasteiger partial charge in [0.2, 0.25) is 0 Å². The molecule has 0 amide bonds. The van der Waals surface area contributed by atoms with Crippen LogP contribution in [0.25, 0.3) is 0 Å². The summed E-state index contributed by atoms with van der Waals surface area (Å²) in [6.07, 6.45) is 0. The van der Waals surface area contributed by atoms with Crippen molar-refractivity contribution in [3.05, 3.63) is 0 Å². The minimum absolute atomic E-state index is 0. The van der Waals surface area contributed by atoms with E-state index in [0.717, 1.165) is 13.2 Å². The van der Waals surface area contributed by atoms with Gasteiger partial charge in [-0.05, 0) is 0 Å². The SMILES string of the molecule is C1CO1.O=S(=O)([O-])[O-].[K+].[K+]. The molecule has 1 aliphatic rings. The van der Waals surface area contributed by atoms with Gasteiger partial charge >= 0.3 is 103 Å². The summed E-state index contributed by atoms with van der Waals surface area (Å²) in [4.78, 5) is 0. The molecule has 0 bridgehead atoms. The molecule has 1 saturated heterocycles. The van der Waals surface area contributed by atoms with Crippen LogP contribution < -0.4 is 103 Å². The minimum atomic E-state index is -5.17. The molecular formula is C2H4K2O5S. The minimum Gasteiger partial charge on any atom is -0.759 e. The standard InChI is InChI=1S/C2H4O.2K.H2O4S/c1-2-3-1;;;1-5(2,3)4/h1-2H2;;;(H2,1,2,3,4)/q;2*+1;/p-2. The molecule has 5 nitrogen and oxygen atoms in total. The fourth-order valence-electron chi connectivity index (χ4n) is 0. The van der Waals surface area contributed by atoms with Crippen LogP contribution in [-0.4, -0.2) is 30.7 Å². The Morgan fingerprint density at radius 2 is 1.20 bits per heavy atom. The molecule has 0 spiro atoms. The second-order valence-corrected chi connectivity index (χ2v) is 1.84. The molecule has 0 unspecified atom stereocenters. The van der Waals surface area contributed by atoms with Crippen LogP contribution in [0.4, 0.5) is 0 Å². The normalized spacial score (nSPS) is 13.0. The fourth-order valence-corrected chi connectivity index (χ4v) is 0. The number of hydrogen-bond donors (Lipinski definition) is 0. The van der Waals surface area contributed by atoms with Crippen molar-refractivity contribution in [2.75, 3.05) is 13.2 Å². The van der Waals surface area contributed by atoms with Gasteiger partial charge < -0.3 is 13.8 Å². The number of rotatable bonds is 0. The summed E-state index contributed by atoms with van der Waals surface area (Å²) in [6.45, 7) is 2.00. The van der Waals surface area contributed by atoms with Crippen molar-refractivity contribution >= 4 is 10.4 Å². The van der Waals surface area contributed by atoms with Crippen molar-refractivity contribution in [2.24, 2.45) is 0 Å². The summed E-state index contributed by atoms with van der Waals surface area (Å²) >= 11 is 0. The molecule has 0 saturated carbocycles. The van der Waals surface area contributed by atoms with Crippen LogP contribution in [0.2, 0.25) is 0 Å². The van der Waals surface area contributed by atoms with E-state index in [0.29, 0.717) is 0 Å². The van der Waals surface area contributed by atoms with Gasteiger partial charge in [-0.1, -0.05) is 0 Å². The second-order valence-electron chi connectivity index (χ2n) is 1.02. The molecule has 1 aliphatic heterocycles. The Bertz CT molecular complexity index is 129. The van der Waals surface area contributed by atoms with Crippen LogP contribution in [0.3, 0.4) is 0 Å². The van der Waals surface area contributed by atoms with E-state index in [9.17, 15) is 0 Å². The van der Waals surface area contributed by atoms with Crippen molar-refractivity contribution in [3.63, 3.8) is 0 Å². The Morgan fingerprint density at radius 1 is 1.10 bits per heavy atom. The zero-order chi connectivity index (χ0) is 6.62. The zero-order valence-corrected chi connectivity index (χ0v) is 12.9. The molecule has 0 aromatic heterocycles. The van der Waals surface area contributed by atoms with Gasteiger partial charge in [-0.3, -0.25) is 8.42 Å². The van der Waals surface area contributed by atoms with Crippen molar-refractivity contribution in [3.8, 4) is 0 Å². The Balaban J connectivity index is -0.0000000860.